The van der Waals surface area contributed by atoms with Gasteiger partial charge in [0.2, 0.25) is 0 Å². The Labute approximate surface area is 101 Å². The lowest BCUT2D eigenvalue weighted by Crippen LogP contribution is -2.13. The number of anilines is 1. The summed E-state index contributed by atoms with van der Waals surface area (Å²) in [5, 5.41) is 3.33. The molecular formula is C14H15N3. The number of nitrogens with zero attached hydrogens (tertiary/aromatic N) is 2. The Balaban J connectivity index is 2.04. The molecule has 17 heavy (non-hydrogen) atoms. The minimum absolute atomic E-state index is 1.03. The molecule has 3 heteroatoms. The van der Waals surface area contributed by atoms with Gasteiger partial charge in [0.25, 0.3) is 0 Å². The minimum Gasteiger partial charge on any atom is -0.370 e. The molecule has 1 aliphatic rings. The van der Waals surface area contributed by atoms with E-state index in [9.17, 15) is 0 Å². The summed E-state index contributed by atoms with van der Waals surface area (Å²) in [5.74, 6) is 1.04. The molecule has 3 rings (SSSR count). The number of aryl methyl sites for hydroxylation is 2. The summed E-state index contributed by atoms with van der Waals surface area (Å²) in [4.78, 5) is 8.72. The number of hydrogen-bond donors (Lipinski definition) is 1. The van der Waals surface area contributed by atoms with Crippen molar-refractivity contribution in [3.05, 3.63) is 41.9 Å². The quantitative estimate of drug-likeness (QED) is 0.811. The first-order valence-electron chi connectivity index (χ1n) is 5.98. The van der Waals surface area contributed by atoms with Crippen LogP contribution in [0.1, 0.15) is 17.5 Å². The zero-order valence-corrected chi connectivity index (χ0v) is 9.90. The average Bonchev–Trinajstić information content (AvgIpc) is 2.38. The Morgan fingerprint density at radius 2 is 2.00 bits per heavy atom. The van der Waals surface area contributed by atoms with Crippen molar-refractivity contribution in [1.82, 2.24) is 9.97 Å². The van der Waals surface area contributed by atoms with E-state index in [-0.39, 0.29) is 0 Å². The molecule has 3 nitrogen and oxygen atoms in total. The van der Waals surface area contributed by atoms with Crippen molar-refractivity contribution < 1.29 is 0 Å². The Kier molecular flexibility index (Phi) is 2.52. The van der Waals surface area contributed by atoms with Crippen LogP contribution in [0, 0.1) is 6.92 Å². The SMILES string of the molecule is Cc1cncc(-c2cnc3c(c2)CCCN3)c1. The number of fused-ring (bicyclic) bond motifs is 1. The van der Waals surface area contributed by atoms with Crippen LogP contribution in [-0.2, 0) is 6.42 Å². The first-order valence-corrected chi connectivity index (χ1v) is 5.98. The highest BCUT2D eigenvalue weighted by Crippen LogP contribution is 2.25. The molecule has 0 spiro atoms. The van der Waals surface area contributed by atoms with Gasteiger partial charge in [0.15, 0.2) is 0 Å². The van der Waals surface area contributed by atoms with Gasteiger partial charge in [-0.2, -0.15) is 0 Å². The van der Waals surface area contributed by atoms with E-state index in [2.05, 4.69) is 34.3 Å². The molecule has 0 radical (unpaired) electrons. The summed E-state index contributed by atoms with van der Waals surface area (Å²) in [6.07, 6.45) is 7.99. The van der Waals surface area contributed by atoms with Crippen molar-refractivity contribution in [1.29, 1.82) is 0 Å². The molecule has 0 saturated heterocycles. The summed E-state index contributed by atoms with van der Waals surface area (Å²) in [6, 6.07) is 4.37. The molecule has 0 saturated carbocycles. The second-order valence-electron chi connectivity index (χ2n) is 4.51. The van der Waals surface area contributed by atoms with Gasteiger partial charge in [-0.1, -0.05) is 0 Å². The summed E-state index contributed by atoms with van der Waals surface area (Å²) in [6.45, 7) is 3.09. The van der Waals surface area contributed by atoms with Crippen LogP contribution in [0.4, 0.5) is 5.82 Å². The molecule has 0 amide bonds. The fourth-order valence-corrected chi connectivity index (χ4v) is 2.22. The number of nitrogens with one attached hydrogen (secondary N) is 1. The fourth-order valence-electron chi connectivity index (χ4n) is 2.22. The fraction of sp³-hybridized carbons (Fsp3) is 0.286. The monoisotopic (exact) mass is 225 g/mol. The Hall–Kier alpha value is -1.90. The van der Waals surface area contributed by atoms with Crippen LogP contribution < -0.4 is 5.32 Å². The predicted molar refractivity (Wildman–Crippen MR) is 69.0 cm³/mol. The van der Waals surface area contributed by atoms with Crippen LogP contribution >= 0.6 is 0 Å². The van der Waals surface area contributed by atoms with E-state index in [1.165, 1.54) is 17.5 Å². The van der Waals surface area contributed by atoms with Crippen molar-refractivity contribution in [2.24, 2.45) is 0 Å². The minimum atomic E-state index is 1.03. The van der Waals surface area contributed by atoms with E-state index in [0.717, 1.165) is 29.9 Å². The van der Waals surface area contributed by atoms with Crippen LogP contribution in [0.2, 0.25) is 0 Å². The van der Waals surface area contributed by atoms with E-state index < -0.39 is 0 Å². The molecule has 2 aromatic rings. The largest absolute Gasteiger partial charge is 0.370 e. The number of pyridine rings is 2. The first kappa shape index (κ1) is 10.3. The normalized spacial score (nSPS) is 13.9. The molecule has 2 aromatic heterocycles. The van der Waals surface area contributed by atoms with E-state index in [1.807, 2.05) is 18.6 Å². The van der Waals surface area contributed by atoms with Gasteiger partial charge in [-0.3, -0.25) is 4.98 Å². The smallest absolute Gasteiger partial charge is 0.129 e. The lowest BCUT2D eigenvalue weighted by atomic mass is 10.0. The second-order valence-corrected chi connectivity index (χ2v) is 4.51. The maximum absolute atomic E-state index is 4.49. The summed E-state index contributed by atoms with van der Waals surface area (Å²) >= 11 is 0. The van der Waals surface area contributed by atoms with E-state index >= 15 is 0 Å². The number of hydrogen-bond acceptors (Lipinski definition) is 3. The summed E-state index contributed by atoms with van der Waals surface area (Å²) in [5.41, 5.74) is 4.79. The molecule has 0 fully saturated rings. The maximum atomic E-state index is 4.49. The Morgan fingerprint density at radius 3 is 2.88 bits per heavy atom. The van der Waals surface area contributed by atoms with Gasteiger partial charge in [0.05, 0.1) is 0 Å². The van der Waals surface area contributed by atoms with Gasteiger partial charge in [-0.05, 0) is 43.0 Å². The molecule has 0 atom stereocenters. The predicted octanol–water partition coefficient (Wildman–Crippen LogP) is 2.81. The first-order chi connectivity index (χ1) is 8.33. The Morgan fingerprint density at radius 1 is 1.12 bits per heavy atom. The lowest BCUT2D eigenvalue weighted by molar-refractivity contribution is 0.818. The van der Waals surface area contributed by atoms with Crippen LogP contribution in [0.3, 0.4) is 0 Å². The molecule has 0 aromatic carbocycles. The van der Waals surface area contributed by atoms with Crippen molar-refractivity contribution >= 4 is 5.82 Å². The topological polar surface area (TPSA) is 37.8 Å². The summed E-state index contributed by atoms with van der Waals surface area (Å²) in [7, 11) is 0. The van der Waals surface area contributed by atoms with Gasteiger partial charge in [0, 0.05) is 36.3 Å². The highest BCUT2D eigenvalue weighted by molar-refractivity contribution is 5.65. The van der Waals surface area contributed by atoms with Crippen LogP contribution in [-0.4, -0.2) is 16.5 Å². The molecule has 1 N–H and O–H groups in total. The third-order valence-electron chi connectivity index (χ3n) is 3.09. The molecule has 0 aliphatic carbocycles. The van der Waals surface area contributed by atoms with E-state index in [0.29, 0.717) is 0 Å². The molecule has 0 unspecified atom stereocenters. The third kappa shape index (κ3) is 2.00. The van der Waals surface area contributed by atoms with Crippen molar-refractivity contribution in [2.75, 3.05) is 11.9 Å². The van der Waals surface area contributed by atoms with E-state index in [4.69, 9.17) is 0 Å². The van der Waals surface area contributed by atoms with E-state index in [1.54, 1.807) is 0 Å². The average molecular weight is 225 g/mol. The van der Waals surface area contributed by atoms with Gasteiger partial charge < -0.3 is 5.32 Å². The highest BCUT2D eigenvalue weighted by atomic mass is 15.0. The zero-order valence-electron chi connectivity index (χ0n) is 9.90. The maximum Gasteiger partial charge on any atom is 0.129 e. The van der Waals surface area contributed by atoms with Gasteiger partial charge in [0.1, 0.15) is 5.82 Å². The van der Waals surface area contributed by atoms with Gasteiger partial charge in [-0.15, -0.1) is 0 Å². The van der Waals surface area contributed by atoms with Crippen LogP contribution in [0.15, 0.2) is 30.7 Å². The van der Waals surface area contributed by atoms with Gasteiger partial charge >= 0.3 is 0 Å². The molecule has 3 heterocycles. The summed E-state index contributed by atoms with van der Waals surface area (Å²) < 4.78 is 0. The number of aromatic nitrogens is 2. The molecule has 1 aliphatic heterocycles. The Bertz CT molecular complexity index is 549. The van der Waals surface area contributed by atoms with Gasteiger partial charge in [-0.25, -0.2) is 4.98 Å². The molecule has 0 bridgehead atoms. The number of rotatable bonds is 1. The molecule has 86 valence electrons. The second kappa shape index (κ2) is 4.17. The third-order valence-corrected chi connectivity index (χ3v) is 3.09. The van der Waals surface area contributed by atoms with Crippen LogP contribution in [0.25, 0.3) is 11.1 Å². The lowest BCUT2D eigenvalue weighted by Gasteiger charge is -2.17. The highest BCUT2D eigenvalue weighted by Gasteiger charge is 2.10. The zero-order chi connectivity index (χ0) is 11.7. The van der Waals surface area contributed by atoms with Crippen molar-refractivity contribution in [3.63, 3.8) is 0 Å². The van der Waals surface area contributed by atoms with Crippen molar-refractivity contribution in [2.45, 2.75) is 19.8 Å². The standard InChI is InChI=1S/C14H15N3/c1-10-5-12(8-15-7-10)13-6-11-3-2-4-16-14(11)17-9-13/h5-9H,2-4H2,1H3,(H,16,17). The van der Waals surface area contributed by atoms with Crippen molar-refractivity contribution in [3.8, 4) is 11.1 Å². The molecular weight excluding hydrogens is 210 g/mol. The van der Waals surface area contributed by atoms with Crippen LogP contribution in [0.5, 0.6) is 0 Å².